The first-order chi connectivity index (χ1) is 7.97. The van der Waals surface area contributed by atoms with Gasteiger partial charge < -0.3 is 15.4 Å². The fourth-order valence-corrected chi connectivity index (χ4v) is 1.07. The van der Waals surface area contributed by atoms with Crippen molar-refractivity contribution in [3.8, 4) is 0 Å². The van der Waals surface area contributed by atoms with Crippen LogP contribution in [-0.4, -0.2) is 44.3 Å². The maximum Gasteiger partial charge on any atom is 0.321 e. The van der Waals surface area contributed by atoms with E-state index in [4.69, 9.17) is 4.74 Å². The van der Waals surface area contributed by atoms with Crippen LogP contribution in [0.4, 0.5) is 4.79 Å². The predicted molar refractivity (Wildman–Crippen MR) is 65.8 cm³/mol. The molecule has 0 fully saturated rings. The lowest BCUT2D eigenvalue weighted by molar-refractivity contribution is -0.130. The number of hydrogen-bond acceptors (Lipinski definition) is 4. The van der Waals surface area contributed by atoms with E-state index >= 15 is 0 Å². The average Bonchev–Trinajstić information content (AvgIpc) is 2.27. The van der Waals surface area contributed by atoms with Gasteiger partial charge in [0.15, 0.2) is 0 Å². The zero-order valence-corrected chi connectivity index (χ0v) is 11.0. The minimum atomic E-state index is -0.619. The van der Waals surface area contributed by atoms with Crippen LogP contribution in [0.5, 0.6) is 0 Å². The second kappa shape index (κ2) is 8.95. The zero-order valence-electron chi connectivity index (χ0n) is 11.0. The Labute approximate surface area is 102 Å². The highest BCUT2D eigenvalue weighted by molar-refractivity contribution is 5.96. The third kappa shape index (κ3) is 8.65. The van der Waals surface area contributed by atoms with Gasteiger partial charge in [-0.05, 0) is 19.9 Å². The summed E-state index contributed by atoms with van der Waals surface area (Å²) in [5.74, 6) is -0.429. The minimum absolute atomic E-state index is 0.429. The van der Waals surface area contributed by atoms with Crippen LogP contribution >= 0.6 is 0 Å². The molecule has 0 aliphatic heterocycles. The van der Waals surface area contributed by atoms with Crippen molar-refractivity contribution in [3.05, 3.63) is 0 Å². The molecular weight excluding hydrogens is 222 g/mol. The second-order valence-electron chi connectivity index (χ2n) is 4.04. The van der Waals surface area contributed by atoms with Gasteiger partial charge in [-0.15, -0.1) is 0 Å². The molecule has 0 saturated heterocycles. The SMILES string of the molecule is CNC(=O)NC(=O)C(C)OCCCNC(C)C. The van der Waals surface area contributed by atoms with Gasteiger partial charge in [-0.1, -0.05) is 13.8 Å². The van der Waals surface area contributed by atoms with Gasteiger partial charge in [-0.25, -0.2) is 4.79 Å². The van der Waals surface area contributed by atoms with Gasteiger partial charge in [0.2, 0.25) is 0 Å². The molecule has 3 amide bonds. The summed E-state index contributed by atoms with van der Waals surface area (Å²) < 4.78 is 5.30. The summed E-state index contributed by atoms with van der Waals surface area (Å²) in [4.78, 5) is 22.2. The van der Waals surface area contributed by atoms with E-state index in [1.807, 2.05) is 0 Å². The predicted octanol–water partition coefficient (Wildman–Crippen LogP) is 0.235. The number of carbonyl (C=O) groups excluding carboxylic acids is 2. The molecule has 0 rings (SSSR count). The lowest BCUT2D eigenvalue weighted by atomic mass is 10.3. The molecule has 0 spiro atoms. The molecule has 0 heterocycles. The maximum atomic E-state index is 11.4. The third-order valence-corrected chi connectivity index (χ3v) is 2.07. The van der Waals surface area contributed by atoms with E-state index in [0.717, 1.165) is 13.0 Å². The Morgan fingerprint density at radius 3 is 2.41 bits per heavy atom. The van der Waals surface area contributed by atoms with Crippen molar-refractivity contribution in [2.45, 2.75) is 39.3 Å². The van der Waals surface area contributed by atoms with Crippen molar-refractivity contribution in [1.29, 1.82) is 0 Å². The van der Waals surface area contributed by atoms with E-state index in [2.05, 4.69) is 29.8 Å². The third-order valence-electron chi connectivity index (χ3n) is 2.07. The number of urea groups is 1. The van der Waals surface area contributed by atoms with Crippen LogP contribution < -0.4 is 16.0 Å². The van der Waals surface area contributed by atoms with E-state index < -0.39 is 18.0 Å². The van der Waals surface area contributed by atoms with Gasteiger partial charge in [-0.2, -0.15) is 0 Å². The number of nitrogens with one attached hydrogen (secondary N) is 3. The van der Waals surface area contributed by atoms with Crippen LogP contribution in [-0.2, 0) is 9.53 Å². The quantitative estimate of drug-likeness (QED) is 0.561. The number of carbonyl (C=O) groups is 2. The van der Waals surface area contributed by atoms with E-state index in [0.29, 0.717) is 12.6 Å². The molecule has 3 N–H and O–H groups in total. The largest absolute Gasteiger partial charge is 0.369 e. The molecule has 1 unspecified atom stereocenters. The monoisotopic (exact) mass is 245 g/mol. The Kier molecular flexibility index (Phi) is 8.35. The van der Waals surface area contributed by atoms with Crippen molar-refractivity contribution in [2.75, 3.05) is 20.2 Å². The van der Waals surface area contributed by atoms with Crippen molar-refractivity contribution in [3.63, 3.8) is 0 Å². The summed E-state index contributed by atoms with van der Waals surface area (Å²) in [7, 11) is 1.45. The number of amides is 3. The summed E-state index contributed by atoms with van der Waals surface area (Å²) >= 11 is 0. The first-order valence-electron chi connectivity index (χ1n) is 5.85. The Morgan fingerprint density at radius 2 is 1.88 bits per heavy atom. The van der Waals surface area contributed by atoms with Gasteiger partial charge in [0.1, 0.15) is 6.10 Å². The molecule has 0 saturated carbocycles. The Hall–Kier alpha value is -1.14. The smallest absolute Gasteiger partial charge is 0.321 e. The molecule has 0 aromatic carbocycles. The van der Waals surface area contributed by atoms with Gasteiger partial charge >= 0.3 is 6.03 Å². The number of ether oxygens (including phenoxy) is 1. The molecule has 0 aromatic rings. The molecule has 6 heteroatoms. The number of rotatable bonds is 7. The first kappa shape index (κ1) is 15.9. The lowest BCUT2D eigenvalue weighted by Crippen LogP contribution is -2.43. The van der Waals surface area contributed by atoms with E-state index in [9.17, 15) is 9.59 Å². The van der Waals surface area contributed by atoms with Crippen LogP contribution in [0, 0.1) is 0 Å². The van der Waals surface area contributed by atoms with E-state index in [-0.39, 0.29) is 0 Å². The summed E-state index contributed by atoms with van der Waals surface area (Å²) in [6.07, 6.45) is 0.210. The molecular formula is C11H23N3O3. The summed E-state index contributed by atoms with van der Waals surface area (Å²) in [6.45, 7) is 7.10. The topological polar surface area (TPSA) is 79.5 Å². The maximum absolute atomic E-state index is 11.4. The van der Waals surface area contributed by atoms with Crippen molar-refractivity contribution >= 4 is 11.9 Å². The lowest BCUT2D eigenvalue weighted by Gasteiger charge is -2.13. The number of imide groups is 1. The fourth-order valence-electron chi connectivity index (χ4n) is 1.07. The number of hydrogen-bond donors (Lipinski definition) is 3. The zero-order chi connectivity index (χ0) is 13.3. The highest BCUT2D eigenvalue weighted by atomic mass is 16.5. The van der Waals surface area contributed by atoms with Crippen molar-refractivity contribution in [2.24, 2.45) is 0 Å². The normalized spacial score (nSPS) is 12.3. The fraction of sp³-hybridized carbons (Fsp3) is 0.818. The molecule has 100 valence electrons. The highest BCUT2D eigenvalue weighted by Crippen LogP contribution is 1.93. The van der Waals surface area contributed by atoms with Crippen LogP contribution in [0.3, 0.4) is 0 Å². The van der Waals surface area contributed by atoms with Gasteiger partial charge in [0, 0.05) is 19.7 Å². The van der Waals surface area contributed by atoms with Gasteiger partial charge in [0.25, 0.3) is 5.91 Å². The Morgan fingerprint density at radius 1 is 1.24 bits per heavy atom. The van der Waals surface area contributed by atoms with Crippen LogP contribution in [0.25, 0.3) is 0 Å². The summed E-state index contributed by atoms with van der Waals surface area (Å²) in [6, 6.07) is -0.0732. The average molecular weight is 245 g/mol. The Bertz CT molecular complexity index is 244. The van der Waals surface area contributed by atoms with Crippen LogP contribution in [0.2, 0.25) is 0 Å². The molecule has 6 nitrogen and oxygen atoms in total. The standard InChI is InChI=1S/C11H23N3O3/c1-8(2)13-6-5-7-17-9(3)10(15)14-11(16)12-4/h8-9,13H,5-7H2,1-4H3,(H2,12,14,15,16). The van der Waals surface area contributed by atoms with Gasteiger partial charge in [0.05, 0.1) is 0 Å². The molecule has 0 radical (unpaired) electrons. The highest BCUT2D eigenvalue weighted by Gasteiger charge is 2.14. The molecule has 0 aromatic heterocycles. The van der Waals surface area contributed by atoms with Crippen LogP contribution in [0.15, 0.2) is 0 Å². The second-order valence-corrected chi connectivity index (χ2v) is 4.04. The molecule has 0 aliphatic rings. The van der Waals surface area contributed by atoms with E-state index in [1.54, 1.807) is 6.92 Å². The van der Waals surface area contributed by atoms with Crippen LogP contribution in [0.1, 0.15) is 27.2 Å². The van der Waals surface area contributed by atoms with Crippen molar-refractivity contribution in [1.82, 2.24) is 16.0 Å². The molecule has 1 atom stereocenters. The minimum Gasteiger partial charge on any atom is -0.369 e. The Balaban J connectivity index is 3.60. The summed E-state index contributed by atoms with van der Waals surface area (Å²) in [5.41, 5.74) is 0. The van der Waals surface area contributed by atoms with E-state index in [1.165, 1.54) is 7.05 Å². The molecule has 0 aliphatic carbocycles. The van der Waals surface area contributed by atoms with Gasteiger partial charge in [-0.3, -0.25) is 10.1 Å². The van der Waals surface area contributed by atoms with Crippen molar-refractivity contribution < 1.29 is 14.3 Å². The summed E-state index contributed by atoms with van der Waals surface area (Å²) in [5, 5.41) is 7.71. The molecule has 0 bridgehead atoms. The first-order valence-corrected chi connectivity index (χ1v) is 5.85. The molecule has 17 heavy (non-hydrogen) atoms.